The molecule has 0 heterocycles. The van der Waals surface area contributed by atoms with Crippen LogP contribution in [0.5, 0.6) is 0 Å². The van der Waals surface area contributed by atoms with Crippen LogP contribution in [0.4, 0.5) is 13.2 Å². The van der Waals surface area contributed by atoms with Crippen molar-refractivity contribution in [2.75, 3.05) is 7.11 Å². The van der Waals surface area contributed by atoms with Gasteiger partial charge in [-0.1, -0.05) is 74.5 Å². The number of amides is 2. The van der Waals surface area contributed by atoms with Gasteiger partial charge in [0.2, 0.25) is 11.8 Å². The summed E-state index contributed by atoms with van der Waals surface area (Å²) in [5.41, 5.74) is 8.09. The largest absolute Gasteiger partial charge is 0.490 e. The maximum absolute atomic E-state index is 13.1. The number of carboxylic acids is 1. The molecule has 0 saturated carbocycles. The minimum atomic E-state index is -5.08. The molecule has 40 heavy (non-hydrogen) atoms. The molecule has 0 spiro atoms. The Hall–Kier alpha value is -3.93. The number of rotatable bonds is 12. The van der Waals surface area contributed by atoms with Crippen LogP contribution in [0.1, 0.15) is 37.8 Å². The number of ether oxygens (including phenoxy) is 1. The highest BCUT2D eigenvalue weighted by Crippen LogP contribution is 2.13. The van der Waals surface area contributed by atoms with E-state index in [0.717, 1.165) is 11.1 Å². The SMILES string of the molecule is COC(=O)[C@H](Cc1ccccc1)NC(=O)[C@@H](CC(C)C)NC(=O)[C@H](N)CCc1ccccc1.O=C(O)C(F)(F)F. The number of aliphatic carboxylic acids is 1. The van der Waals surface area contributed by atoms with Gasteiger partial charge in [0.1, 0.15) is 12.1 Å². The van der Waals surface area contributed by atoms with Crippen molar-refractivity contribution in [3.63, 3.8) is 0 Å². The minimum Gasteiger partial charge on any atom is -0.475 e. The molecule has 0 aliphatic carbocycles. The van der Waals surface area contributed by atoms with Crippen LogP contribution in [0.25, 0.3) is 0 Å². The molecule has 220 valence electrons. The second kappa shape index (κ2) is 16.9. The Morgan fingerprint density at radius 3 is 1.80 bits per heavy atom. The lowest BCUT2D eigenvalue weighted by Gasteiger charge is -2.24. The van der Waals surface area contributed by atoms with Crippen LogP contribution in [-0.4, -0.2) is 60.3 Å². The molecule has 2 aromatic carbocycles. The Balaban J connectivity index is 0.00000101. The molecular formula is C28H36F3N3O6. The fraction of sp³-hybridized carbons (Fsp3) is 0.429. The van der Waals surface area contributed by atoms with E-state index in [1.807, 2.05) is 74.5 Å². The summed E-state index contributed by atoms with van der Waals surface area (Å²) in [6.07, 6.45) is -3.25. The number of carboxylic acid groups (broad SMARTS) is 1. The van der Waals surface area contributed by atoms with Crippen LogP contribution in [0.3, 0.4) is 0 Å². The van der Waals surface area contributed by atoms with Crippen LogP contribution >= 0.6 is 0 Å². The lowest BCUT2D eigenvalue weighted by Crippen LogP contribution is -2.55. The van der Waals surface area contributed by atoms with E-state index in [9.17, 15) is 27.6 Å². The first-order chi connectivity index (χ1) is 18.7. The molecule has 2 rings (SSSR count). The topological polar surface area (TPSA) is 148 Å². The van der Waals surface area contributed by atoms with E-state index in [4.69, 9.17) is 20.4 Å². The van der Waals surface area contributed by atoms with Crippen molar-refractivity contribution in [1.82, 2.24) is 10.6 Å². The molecule has 0 aliphatic rings. The molecule has 5 N–H and O–H groups in total. The van der Waals surface area contributed by atoms with Gasteiger partial charge in [0.25, 0.3) is 0 Å². The van der Waals surface area contributed by atoms with Crippen LogP contribution in [-0.2, 0) is 36.8 Å². The molecular weight excluding hydrogens is 531 g/mol. The number of hydrogen-bond acceptors (Lipinski definition) is 6. The van der Waals surface area contributed by atoms with Crippen LogP contribution in [0, 0.1) is 5.92 Å². The fourth-order valence-electron chi connectivity index (χ4n) is 3.54. The quantitative estimate of drug-likeness (QED) is 0.288. The number of alkyl halides is 3. The molecule has 2 amide bonds. The lowest BCUT2D eigenvalue weighted by molar-refractivity contribution is -0.192. The molecule has 3 atom stereocenters. The van der Waals surface area contributed by atoms with Gasteiger partial charge >= 0.3 is 18.1 Å². The number of esters is 1. The standard InChI is InChI=1S/C26H35N3O4.C2HF3O2/c1-18(2)16-22(28-24(30)21(27)15-14-19-10-6-4-7-11-19)25(31)29-23(26(32)33-3)17-20-12-8-5-9-13-20;3-2(4,5)1(6)7/h4-13,18,21-23H,14-17,27H2,1-3H3,(H,28,30)(H,29,31);(H,6,7)/t21-,22-,23+;/m1./s1. The van der Waals surface area contributed by atoms with Crippen molar-refractivity contribution in [1.29, 1.82) is 0 Å². The summed E-state index contributed by atoms with van der Waals surface area (Å²) in [6.45, 7) is 3.92. The highest BCUT2D eigenvalue weighted by Gasteiger charge is 2.38. The first-order valence-electron chi connectivity index (χ1n) is 12.6. The van der Waals surface area contributed by atoms with Crippen LogP contribution in [0.15, 0.2) is 60.7 Å². The van der Waals surface area contributed by atoms with Gasteiger partial charge in [0.05, 0.1) is 13.2 Å². The first kappa shape index (κ1) is 34.1. The molecule has 0 aromatic heterocycles. The normalized spacial score (nSPS) is 13.2. The van der Waals surface area contributed by atoms with E-state index in [0.29, 0.717) is 19.3 Å². The van der Waals surface area contributed by atoms with E-state index >= 15 is 0 Å². The summed E-state index contributed by atoms with van der Waals surface area (Å²) in [5.74, 6) is -3.97. The Bertz CT molecular complexity index is 1080. The summed E-state index contributed by atoms with van der Waals surface area (Å²) in [7, 11) is 1.28. The number of carbonyl (C=O) groups is 4. The van der Waals surface area contributed by atoms with Crippen molar-refractivity contribution >= 4 is 23.8 Å². The number of nitrogens with two attached hydrogens (primary N) is 1. The molecule has 0 saturated heterocycles. The van der Waals surface area contributed by atoms with Crippen molar-refractivity contribution in [2.45, 2.75) is 63.8 Å². The molecule has 0 unspecified atom stereocenters. The van der Waals surface area contributed by atoms with E-state index in [-0.39, 0.29) is 18.2 Å². The van der Waals surface area contributed by atoms with Crippen molar-refractivity contribution in [3.8, 4) is 0 Å². The monoisotopic (exact) mass is 567 g/mol. The third-order valence-electron chi connectivity index (χ3n) is 5.59. The number of hydrogen-bond donors (Lipinski definition) is 4. The van der Waals surface area contributed by atoms with Crippen LogP contribution < -0.4 is 16.4 Å². The number of nitrogens with one attached hydrogen (secondary N) is 2. The maximum atomic E-state index is 13.1. The number of carbonyl (C=O) groups excluding carboxylic acids is 3. The average molecular weight is 568 g/mol. The van der Waals surface area contributed by atoms with Crippen molar-refractivity contribution in [2.24, 2.45) is 11.7 Å². The van der Waals surface area contributed by atoms with Gasteiger partial charge in [-0.25, -0.2) is 9.59 Å². The summed E-state index contributed by atoms with van der Waals surface area (Å²) >= 11 is 0. The number of methoxy groups -OCH3 is 1. The summed E-state index contributed by atoms with van der Waals surface area (Å²) in [5, 5.41) is 12.7. The van der Waals surface area contributed by atoms with Crippen molar-refractivity contribution in [3.05, 3.63) is 71.8 Å². The fourth-order valence-corrected chi connectivity index (χ4v) is 3.54. The summed E-state index contributed by atoms with van der Waals surface area (Å²) in [4.78, 5) is 47.0. The van der Waals surface area contributed by atoms with Gasteiger partial charge < -0.3 is 26.2 Å². The molecule has 0 bridgehead atoms. The van der Waals surface area contributed by atoms with Gasteiger partial charge in [0, 0.05) is 6.42 Å². The third kappa shape index (κ3) is 13.2. The van der Waals surface area contributed by atoms with Gasteiger partial charge in [-0.15, -0.1) is 0 Å². The van der Waals surface area contributed by atoms with Gasteiger partial charge in [-0.3, -0.25) is 9.59 Å². The lowest BCUT2D eigenvalue weighted by atomic mass is 10.00. The van der Waals surface area contributed by atoms with E-state index in [1.165, 1.54) is 7.11 Å². The predicted molar refractivity (Wildman–Crippen MR) is 142 cm³/mol. The second-order valence-electron chi connectivity index (χ2n) is 9.40. The Labute approximate surface area is 231 Å². The van der Waals surface area contributed by atoms with E-state index in [2.05, 4.69) is 10.6 Å². The Morgan fingerprint density at radius 2 is 1.35 bits per heavy atom. The molecule has 12 heteroatoms. The summed E-state index contributed by atoms with van der Waals surface area (Å²) in [6, 6.07) is 16.7. The van der Waals surface area contributed by atoms with Crippen LogP contribution in [0.2, 0.25) is 0 Å². The zero-order chi connectivity index (χ0) is 30.3. The highest BCUT2D eigenvalue weighted by atomic mass is 19.4. The average Bonchev–Trinajstić information content (AvgIpc) is 2.91. The molecule has 0 fully saturated rings. The third-order valence-corrected chi connectivity index (χ3v) is 5.59. The maximum Gasteiger partial charge on any atom is 0.490 e. The smallest absolute Gasteiger partial charge is 0.475 e. The number of aryl methyl sites for hydroxylation is 1. The van der Waals surface area contributed by atoms with Gasteiger partial charge in [0.15, 0.2) is 0 Å². The molecule has 9 nitrogen and oxygen atoms in total. The zero-order valence-corrected chi connectivity index (χ0v) is 22.6. The van der Waals surface area contributed by atoms with E-state index in [1.54, 1.807) is 0 Å². The molecule has 0 radical (unpaired) electrons. The molecule has 0 aliphatic heterocycles. The summed E-state index contributed by atoms with van der Waals surface area (Å²) < 4.78 is 36.6. The number of benzene rings is 2. The highest BCUT2D eigenvalue weighted by molar-refractivity contribution is 5.92. The van der Waals surface area contributed by atoms with E-state index < -0.39 is 42.1 Å². The Morgan fingerprint density at radius 1 is 0.875 bits per heavy atom. The van der Waals surface area contributed by atoms with Gasteiger partial charge in [-0.05, 0) is 36.3 Å². The zero-order valence-electron chi connectivity index (χ0n) is 22.6. The minimum absolute atomic E-state index is 0.146. The Kier molecular flexibility index (Phi) is 14.4. The van der Waals surface area contributed by atoms with Crippen molar-refractivity contribution < 1.29 is 42.2 Å². The second-order valence-corrected chi connectivity index (χ2v) is 9.40. The number of halogens is 3. The first-order valence-corrected chi connectivity index (χ1v) is 12.6. The molecule has 2 aromatic rings. The van der Waals surface area contributed by atoms with Gasteiger partial charge in [-0.2, -0.15) is 13.2 Å². The predicted octanol–water partition coefficient (Wildman–Crippen LogP) is 3.01.